The first-order chi connectivity index (χ1) is 13.0. The highest BCUT2D eigenvalue weighted by Gasteiger charge is 2.14. The van der Waals surface area contributed by atoms with E-state index in [1.54, 1.807) is 36.4 Å². The van der Waals surface area contributed by atoms with Crippen molar-refractivity contribution >= 4 is 29.1 Å². The predicted molar refractivity (Wildman–Crippen MR) is 106 cm³/mol. The lowest BCUT2D eigenvalue weighted by Crippen LogP contribution is -2.24. The van der Waals surface area contributed by atoms with Crippen LogP contribution in [0.15, 0.2) is 49.1 Å². The Bertz CT molecular complexity index is 852. The lowest BCUT2D eigenvalue weighted by Gasteiger charge is -2.14. The molecule has 0 aliphatic heterocycles. The van der Waals surface area contributed by atoms with E-state index in [9.17, 15) is 9.59 Å². The first-order valence-electron chi connectivity index (χ1n) is 8.30. The van der Waals surface area contributed by atoms with Crippen LogP contribution in [0.5, 0.6) is 11.5 Å². The molecule has 0 bridgehead atoms. The van der Waals surface area contributed by atoms with Crippen LogP contribution in [0, 0.1) is 0 Å². The van der Waals surface area contributed by atoms with Crippen molar-refractivity contribution in [2.24, 2.45) is 0 Å². The Hall–Kier alpha value is -2.99. The van der Waals surface area contributed by atoms with Crippen molar-refractivity contribution in [3.63, 3.8) is 0 Å². The number of methoxy groups -OCH3 is 1. The summed E-state index contributed by atoms with van der Waals surface area (Å²) in [6.45, 7) is 5.94. The number of ether oxygens (including phenoxy) is 2. The van der Waals surface area contributed by atoms with Gasteiger partial charge in [-0.1, -0.05) is 30.3 Å². The van der Waals surface area contributed by atoms with Gasteiger partial charge >= 0.3 is 0 Å². The quantitative estimate of drug-likeness (QED) is 0.674. The number of nitrogens with one attached hydrogen (secondary N) is 2. The highest BCUT2D eigenvalue weighted by Crippen LogP contribution is 2.36. The zero-order valence-corrected chi connectivity index (χ0v) is 15.9. The van der Waals surface area contributed by atoms with Crippen molar-refractivity contribution < 1.29 is 19.1 Å². The average molecular weight is 389 g/mol. The summed E-state index contributed by atoms with van der Waals surface area (Å²) in [5.41, 5.74) is 1.50. The normalized spacial score (nSPS) is 10.0. The van der Waals surface area contributed by atoms with Gasteiger partial charge in [-0.2, -0.15) is 0 Å². The van der Waals surface area contributed by atoms with E-state index in [-0.39, 0.29) is 12.5 Å². The second-order valence-corrected chi connectivity index (χ2v) is 5.87. The van der Waals surface area contributed by atoms with E-state index in [1.807, 2.05) is 6.92 Å². The lowest BCUT2D eigenvalue weighted by atomic mass is 10.1. The van der Waals surface area contributed by atoms with E-state index in [0.29, 0.717) is 34.4 Å². The molecule has 2 rings (SSSR count). The largest absolute Gasteiger partial charge is 0.493 e. The molecule has 2 amide bonds. The zero-order valence-electron chi connectivity index (χ0n) is 15.2. The van der Waals surface area contributed by atoms with E-state index < -0.39 is 5.91 Å². The van der Waals surface area contributed by atoms with Gasteiger partial charge < -0.3 is 20.1 Å². The highest BCUT2D eigenvalue weighted by molar-refractivity contribution is 6.32. The van der Waals surface area contributed by atoms with Crippen molar-refractivity contribution in [1.82, 2.24) is 5.32 Å². The summed E-state index contributed by atoms with van der Waals surface area (Å²) in [6.07, 6.45) is 1.14. The molecule has 0 fully saturated rings. The fourth-order valence-corrected chi connectivity index (χ4v) is 2.70. The van der Waals surface area contributed by atoms with Crippen LogP contribution < -0.4 is 20.1 Å². The van der Waals surface area contributed by atoms with Gasteiger partial charge in [-0.05, 0) is 42.8 Å². The van der Waals surface area contributed by atoms with Gasteiger partial charge in [0, 0.05) is 6.54 Å². The van der Waals surface area contributed by atoms with Crippen LogP contribution in [0.1, 0.15) is 22.8 Å². The fourth-order valence-electron chi connectivity index (χ4n) is 2.41. The standard InChI is InChI=1S/C20H21ClN2O4/c1-4-18(24)23-16-9-7-6-8-14(16)20(25)22-12-13-10-15(21)19(27-5-2)17(11-13)26-3/h4,6-11H,1,5,12H2,2-3H3,(H,22,25)(H,23,24). The second kappa shape index (κ2) is 9.64. The Morgan fingerprint density at radius 2 is 2.00 bits per heavy atom. The molecule has 0 saturated carbocycles. The van der Waals surface area contributed by atoms with Gasteiger partial charge in [-0.3, -0.25) is 9.59 Å². The minimum absolute atomic E-state index is 0.227. The van der Waals surface area contributed by atoms with Crippen molar-refractivity contribution in [2.45, 2.75) is 13.5 Å². The average Bonchev–Trinajstić information content (AvgIpc) is 2.68. The van der Waals surface area contributed by atoms with Crippen LogP contribution in [0.2, 0.25) is 5.02 Å². The van der Waals surface area contributed by atoms with E-state index in [0.717, 1.165) is 11.6 Å². The summed E-state index contributed by atoms with van der Waals surface area (Å²) < 4.78 is 10.8. The Kier molecular flexibility index (Phi) is 7.25. The van der Waals surface area contributed by atoms with Crippen molar-refractivity contribution in [3.05, 3.63) is 65.2 Å². The van der Waals surface area contributed by atoms with Crippen molar-refractivity contribution in [1.29, 1.82) is 0 Å². The van der Waals surface area contributed by atoms with E-state index in [2.05, 4.69) is 17.2 Å². The monoisotopic (exact) mass is 388 g/mol. The Labute approximate surface area is 163 Å². The summed E-state index contributed by atoms with van der Waals surface area (Å²) in [7, 11) is 1.52. The molecule has 142 valence electrons. The number of para-hydroxylation sites is 1. The number of rotatable bonds is 8. The SMILES string of the molecule is C=CC(=O)Nc1ccccc1C(=O)NCc1cc(Cl)c(OCC)c(OC)c1. The minimum atomic E-state index is -0.390. The maximum atomic E-state index is 12.5. The number of anilines is 1. The molecule has 2 N–H and O–H groups in total. The molecule has 7 heteroatoms. The van der Waals surface area contributed by atoms with Crippen LogP contribution in [-0.4, -0.2) is 25.5 Å². The molecule has 0 saturated heterocycles. The molecular weight excluding hydrogens is 368 g/mol. The number of halogens is 1. The molecule has 2 aromatic carbocycles. The summed E-state index contributed by atoms with van der Waals surface area (Å²) in [5, 5.41) is 5.82. The Balaban J connectivity index is 2.15. The number of hydrogen-bond acceptors (Lipinski definition) is 4. The fraction of sp³-hybridized carbons (Fsp3) is 0.200. The maximum Gasteiger partial charge on any atom is 0.253 e. The van der Waals surface area contributed by atoms with E-state index in [4.69, 9.17) is 21.1 Å². The molecule has 0 radical (unpaired) electrons. The third-order valence-electron chi connectivity index (χ3n) is 3.65. The molecule has 0 aliphatic carbocycles. The van der Waals surface area contributed by atoms with E-state index in [1.165, 1.54) is 7.11 Å². The van der Waals surface area contributed by atoms with Crippen LogP contribution in [-0.2, 0) is 11.3 Å². The maximum absolute atomic E-state index is 12.5. The summed E-state index contributed by atoms with van der Waals surface area (Å²) in [4.78, 5) is 24.1. The number of benzene rings is 2. The van der Waals surface area contributed by atoms with Gasteiger partial charge in [0.1, 0.15) is 0 Å². The highest BCUT2D eigenvalue weighted by atomic mass is 35.5. The van der Waals surface area contributed by atoms with Gasteiger partial charge in [-0.15, -0.1) is 0 Å². The molecule has 0 aromatic heterocycles. The van der Waals surface area contributed by atoms with Crippen LogP contribution in [0.3, 0.4) is 0 Å². The molecule has 0 atom stereocenters. The number of carbonyl (C=O) groups is 2. The van der Waals surface area contributed by atoms with Crippen molar-refractivity contribution in [3.8, 4) is 11.5 Å². The molecule has 2 aromatic rings. The molecule has 0 heterocycles. The minimum Gasteiger partial charge on any atom is -0.493 e. The summed E-state index contributed by atoms with van der Waals surface area (Å²) in [6, 6.07) is 10.2. The smallest absolute Gasteiger partial charge is 0.253 e. The number of amides is 2. The summed E-state index contributed by atoms with van der Waals surface area (Å²) >= 11 is 6.25. The van der Waals surface area contributed by atoms with Crippen molar-refractivity contribution in [2.75, 3.05) is 19.0 Å². The Morgan fingerprint density at radius 1 is 1.26 bits per heavy atom. The van der Waals surface area contributed by atoms with Crippen LogP contribution in [0.4, 0.5) is 5.69 Å². The van der Waals surface area contributed by atoms with Crippen LogP contribution >= 0.6 is 11.6 Å². The molecular formula is C20H21ClN2O4. The molecule has 27 heavy (non-hydrogen) atoms. The first-order valence-corrected chi connectivity index (χ1v) is 8.67. The van der Waals surface area contributed by atoms with Crippen LogP contribution in [0.25, 0.3) is 0 Å². The Morgan fingerprint density at radius 3 is 2.67 bits per heavy atom. The van der Waals surface area contributed by atoms with E-state index >= 15 is 0 Å². The third kappa shape index (κ3) is 5.24. The molecule has 6 nitrogen and oxygen atoms in total. The number of hydrogen-bond donors (Lipinski definition) is 2. The third-order valence-corrected chi connectivity index (χ3v) is 3.93. The second-order valence-electron chi connectivity index (χ2n) is 5.46. The first kappa shape index (κ1) is 20.3. The summed E-state index contributed by atoms with van der Waals surface area (Å²) in [5.74, 6) is 0.235. The topological polar surface area (TPSA) is 76.7 Å². The van der Waals surface area contributed by atoms with Gasteiger partial charge in [-0.25, -0.2) is 0 Å². The predicted octanol–water partition coefficient (Wildman–Crippen LogP) is 3.80. The number of carbonyl (C=O) groups excluding carboxylic acids is 2. The van der Waals surface area contributed by atoms with Gasteiger partial charge in [0.15, 0.2) is 11.5 Å². The van der Waals surface area contributed by atoms with Gasteiger partial charge in [0.05, 0.1) is 30.0 Å². The van der Waals surface area contributed by atoms with Gasteiger partial charge in [0.25, 0.3) is 5.91 Å². The lowest BCUT2D eigenvalue weighted by molar-refractivity contribution is -0.111. The molecule has 0 unspecified atom stereocenters. The van der Waals surface area contributed by atoms with Gasteiger partial charge in [0.2, 0.25) is 5.91 Å². The molecule has 0 aliphatic rings. The zero-order chi connectivity index (χ0) is 19.8. The molecule has 0 spiro atoms.